The third kappa shape index (κ3) is 4.52. The van der Waals surface area contributed by atoms with Gasteiger partial charge in [-0.15, -0.1) is 0 Å². The van der Waals surface area contributed by atoms with Gasteiger partial charge in [0.05, 0.1) is 5.69 Å². The number of aromatic nitrogens is 1. The standard InChI is InChI=1S/C26H36N4O/c1-6-19(12-27-4)26-21(8-7-9-28-26)18(3)20-10-17(2)13-30(14-20)25(31)11-22-23-15-29(5)16-24(22)23/h6-9,12,17,20,22-24H,3,10-11,13-16H2,1-2,4-5H3/b19-6-,27-12-/t17-,20+,22-,23-,24+/m1/s1. The molecule has 1 aliphatic carbocycles. The number of carbonyl (C=O) groups is 1. The number of rotatable bonds is 6. The van der Waals surface area contributed by atoms with Crippen LogP contribution in [0.15, 0.2) is 36.0 Å². The molecule has 1 aromatic rings. The van der Waals surface area contributed by atoms with Crippen LogP contribution in [-0.2, 0) is 4.79 Å². The second-order valence-corrected chi connectivity index (χ2v) is 9.81. The van der Waals surface area contributed by atoms with Crippen LogP contribution < -0.4 is 0 Å². The number of fused-ring (bicyclic) bond motifs is 1. The first kappa shape index (κ1) is 21.9. The summed E-state index contributed by atoms with van der Waals surface area (Å²) in [5.74, 6) is 3.18. The normalized spacial score (nSPS) is 31.2. The van der Waals surface area contributed by atoms with Gasteiger partial charge in [0.25, 0.3) is 0 Å². The maximum absolute atomic E-state index is 13.2. The second kappa shape index (κ2) is 9.07. The summed E-state index contributed by atoms with van der Waals surface area (Å²) in [4.78, 5) is 26.5. The Bertz CT molecular complexity index is 892. The largest absolute Gasteiger partial charge is 0.342 e. The first-order valence-electron chi connectivity index (χ1n) is 11.6. The molecule has 3 fully saturated rings. The van der Waals surface area contributed by atoms with E-state index in [9.17, 15) is 4.79 Å². The third-order valence-corrected chi connectivity index (χ3v) is 7.48. The van der Waals surface area contributed by atoms with Crippen LogP contribution in [0.2, 0.25) is 0 Å². The Morgan fingerprint density at radius 3 is 2.71 bits per heavy atom. The van der Waals surface area contributed by atoms with E-state index >= 15 is 0 Å². The molecule has 31 heavy (non-hydrogen) atoms. The smallest absolute Gasteiger partial charge is 0.222 e. The topological polar surface area (TPSA) is 48.8 Å². The molecule has 0 radical (unpaired) electrons. The molecule has 2 saturated heterocycles. The lowest BCUT2D eigenvalue weighted by Crippen LogP contribution is -2.44. The Labute approximate surface area is 186 Å². The van der Waals surface area contributed by atoms with Gasteiger partial charge in [0.15, 0.2) is 0 Å². The van der Waals surface area contributed by atoms with E-state index < -0.39 is 0 Å². The highest BCUT2D eigenvalue weighted by Crippen LogP contribution is 2.53. The number of amides is 1. The number of likely N-dealkylation sites (tertiary alicyclic amines) is 2. The quantitative estimate of drug-likeness (QED) is 0.656. The Morgan fingerprint density at radius 1 is 1.29 bits per heavy atom. The summed E-state index contributed by atoms with van der Waals surface area (Å²) in [6.07, 6.45) is 7.49. The highest BCUT2D eigenvalue weighted by Gasteiger charge is 2.55. The van der Waals surface area contributed by atoms with Crippen LogP contribution >= 0.6 is 0 Å². The van der Waals surface area contributed by atoms with Crippen LogP contribution in [0.1, 0.15) is 37.9 Å². The van der Waals surface area contributed by atoms with Crippen molar-refractivity contribution in [1.29, 1.82) is 0 Å². The number of pyridine rings is 1. The maximum Gasteiger partial charge on any atom is 0.222 e. The molecule has 1 aromatic heterocycles. The summed E-state index contributed by atoms with van der Waals surface area (Å²) in [6.45, 7) is 12.7. The molecule has 1 saturated carbocycles. The number of piperidine rings is 2. The van der Waals surface area contributed by atoms with Crippen molar-refractivity contribution in [3.8, 4) is 0 Å². The van der Waals surface area contributed by atoms with Crippen LogP contribution in [0.4, 0.5) is 0 Å². The number of nitrogens with zero attached hydrogens (tertiary/aromatic N) is 4. The van der Waals surface area contributed by atoms with Gasteiger partial charge in [-0.05, 0) is 55.7 Å². The molecule has 4 rings (SSSR count). The molecule has 0 aromatic carbocycles. The molecule has 166 valence electrons. The lowest BCUT2D eigenvalue weighted by Gasteiger charge is -2.38. The lowest BCUT2D eigenvalue weighted by molar-refractivity contribution is -0.134. The second-order valence-electron chi connectivity index (χ2n) is 9.81. The fraction of sp³-hybridized carbons (Fsp3) is 0.577. The number of aliphatic imine (C=N–C) groups is 1. The number of carbonyl (C=O) groups excluding carboxylic acids is 1. The molecule has 3 aliphatic rings. The van der Waals surface area contributed by atoms with Crippen LogP contribution in [0.5, 0.6) is 0 Å². The van der Waals surface area contributed by atoms with Gasteiger partial charge in [0.1, 0.15) is 0 Å². The van der Waals surface area contributed by atoms with Crippen LogP contribution in [0, 0.1) is 29.6 Å². The minimum atomic E-state index is 0.261. The first-order chi connectivity index (χ1) is 14.9. The van der Waals surface area contributed by atoms with E-state index in [4.69, 9.17) is 0 Å². The van der Waals surface area contributed by atoms with Gasteiger partial charge in [-0.3, -0.25) is 14.8 Å². The highest BCUT2D eigenvalue weighted by atomic mass is 16.2. The van der Waals surface area contributed by atoms with Gasteiger partial charge in [0.2, 0.25) is 5.91 Å². The van der Waals surface area contributed by atoms with Gasteiger partial charge < -0.3 is 9.80 Å². The fourth-order valence-corrected chi connectivity index (χ4v) is 5.83. The number of allylic oxidation sites excluding steroid dienone is 2. The Balaban J connectivity index is 1.46. The lowest BCUT2D eigenvalue weighted by atomic mass is 9.82. The zero-order chi connectivity index (χ0) is 22.1. The molecule has 1 amide bonds. The van der Waals surface area contributed by atoms with Crippen molar-refractivity contribution < 1.29 is 4.79 Å². The van der Waals surface area contributed by atoms with Gasteiger partial charge in [-0.25, -0.2) is 0 Å². The molecular weight excluding hydrogens is 384 g/mol. The summed E-state index contributed by atoms with van der Waals surface area (Å²) < 4.78 is 0. The van der Waals surface area contributed by atoms with Crippen LogP contribution in [-0.4, -0.2) is 67.2 Å². The van der Waals surface area contributed by atoms with E-state index in [-0.39, 0.29) is 5.92 Å². The molecule has 2 aliphatic heterocycles. The molecule has 5 nitrogen and oxygen atoms in total. The van der Waals surface area contributed by atoms with E-state index in [1.54, 1.807) is 7.05 Å². The van der Waals surface area contributed by atoms with Crippen molar-refractivity contribution in [1.82, 2.24) is 14.8 Å². The molecule has 0 bridgehead atoms. The minimum absolute atomic E-state index is 0.261. The zero-order valence-electron chi connectivity index (χ0n) is 19.4. The van der Waals surface area contributed by atoms with Gasteiger partial charge in [0, 0.05) is 69.1 Å². The Morgan fingerprint density at radius 2 is 2.03 bits per heavy atom. The SMILES string of the molecule is C=C(c1cccnc1C(/C=N\C)=C\C)[C@H]1C[C@@H](C)CN(C(=O)C[C@@H]2[C@H]3CN(C)C[C@@H]23)C1. The van der Waals surface area contributed by atoms with Gasteiger partial charge in [-0.2, -0.15) is 0 Å². The average Bonchev–Trinajstić information content (AvgIpc) is 3.21. The molecular formula is C26H36N4O. The third-order valence-electron chi connectivity index (χ3n) is 7.48. The first-order valence-corrected chi connectivity index (χ1v) is 11.6. The number of hydrogen-bond acceptors (Lipinski definition) is 4. The molecule has 5 atom stereocenters. The summed E-state index contributed by atoms with van der Waals surface area (Å²) in [5.41, 5.74) is 4.08. The fourth-order valence-electron chi connectivity index (χ4n) is 5.83. The number of hydrogen-bond donors (Lipinski definition) is 0. The summed E-state index contributed by atoms with van der Waals surface area (Å²) >= 11 is 0. The molecule has 0 spiro atoms. The predicted octanol–water partition coefficient (Wildman–Crippen LogP) is 3.88. The molecule has 0 N–H and O–H groups in total. The van der Waals surface area contributed by atoms with Crippen molar-refractivity contribution in [3.05, 3.63) is 42.2 Å². The molecule has 5 heteroatoms. The van der Waals surface area contributed by atoms with Crippen LogP contribution in [0.3, 0.4) is 0 Å². The highest BCUT2D eigenvalue weighted by molar-refractivity contribution is 6.10. The Hall–Kier alpha value is -2.27. The summed E-state index contributed by atoms with van der Waals surface area (Å²) in [7, 11) is 3.96. The van der Waals surface area contributed by atoms with Crippen molar-refractivity contribution in [2.45, 2.75) is 26.7 Å². The summed E-state index contributed by atoms with van der Waals surface area (Å²) in [6, 6.07) is 4.07. The minimum Gasteiger partial charge on any atom is -0.342 e. The summed E-state index contributed by atoms with van der Waals surface area (Å²) in [5, 5.41) is 0. The average molecular weight is 421 g/mol. The molecule has 3 heterocycles. The van der Waals surface area contributed by atoms with Crippen molar-refractivity contribution >= 4 is 23.3 Å². The maximum atomic E-state index is 13.2. The van der Waals surface area contributed by atoms with E-state index in [1.165, 1.54) is 0 Å². The van der Waals surface area contributed by atoms with E-state index in [1.807, 2.05) is 31.5 Å². The van der Waals surface area contributed by atoms with Crippen molar-refractivity contribution in [2.75, 3.05) is 40.3 Å². The van der Waals surface area contributed by atoms with E-state index in [2.05, 4.69) is 46.4 Å². The van der Waals surface area contributed by atoms with Crippen LogP contribution in [0.25, 0.3) is 11.1 Å². The molecule has 0 unspecified atom stereocenters. The zero-order valence-corrected chi connectivity index (χ0v) is 19.4. The van der Waals surface area contributed by atoms with E-state index in [0.717, 1.165) is 73.3 Å². The van der Waals surface area contributed by atoms with Crippen molar-refractivity contribution in [3.63, 3.8) is 0 Å². The van der Waals surface area contributed by atoms with E-state index in [0.29, 0.717) is 17.7 Å². The van der Waals surface area contributed by atoms with Gasteiger partial charge >= 0.3 is 0 Å². The monoisotopic (exact) mass is 420 g/mol. The van der Waals surface area contributed by atoms with Gasteiger partial charge in [-0.1, -0.05) is 25.6 Å². The predicted molar refractivity (Wildman–Crippen MR) is 128 cm³/mol. The Kier molecular flexibility index (Phi) is 6.42. The van der Waals surface area contributed by atoms with Crippen molar-refractivity contribution in [2.24, 2.45) is 34.6 Å².